The van der Waals surface area contributed by atoms with Crippen LogP contribution in [-0.2, 0) is 0 Å². The van der Waals surface area contributed by atoms with Gasteiger partial charge in [0.25, 0.3) is 0 Å². The molecule has 0 amide bonds. The molecule has 0 radical (unpaired) electrons. The molecule has 3 nitrogen and oxygen atoms in total. The van der Waals surface area contributed by atoms with E-state index in [9.17, 15) is 0 Å². The summed E-state index contributed by atoms with van der Waals surface area (Å²) in [5.41, 5.74) is 13.4. The molecule has 45 heavy (non-hydrogen) atoms. The quantitative estimate of drug-likeness (QED) is 0.192. The summed E-state index contributed by atoms with van der Waals surface area (Å²) in [5.74, 6) is 0. The molecule has 0 saturated carbocycles. The number of rotatable bonds is 6. The number of para-hydroxylation sites is 1. The molecule has 212 valence electrons. The van der Waals surface area contributed by atoms with Gasteiger partial charge in [-0.15, -0.1) is 11.3 Å². The molecular weight excluding hydrogens is 567 g/mol. The lowest BCUT2D eigenvalue weighted by Crippen LogP contribution is -1.89. The van der Waals surface area contributed by atoms with Crippen LogP contribution in [0.2, 0.25) is 0 Å². The van der Waals surface area contributed by atoms with Crippen LogP contribution in [0.3, 0.4) is 0 Å². The van der Waals surface area contributed by atoms with Gasteiger partial charge in [-0.3, -0.25) is 9.97 Å². The molecule has 0 spiro atoms. The third-order valence-electron chi connectivity index (χ3n) is 8.09. The Hall–Kier alpha value is -5.71. The third-order valence-corrected chi connectivity index (χ3v) is 9.18. The molecule has 8 rings (SSSR count). The zero-order valence-electron chi connectivity index (χ0n) is 24.3. The van der Waals surface area contributed by atoms with Crippen molar-refractivity contribution >= 4 is 21.6 Å². The number of thiazole rings is 1. The molecule has 0 fully saturated rings. The Morgan fingerprint density at radius 3 is 1.49 bits per heavy atom. The van der Waals surface area contributed by atoms with Gasteiger partial charge >= 0.3 is 0 Å². The Morgan fingerprint density at radius 1 is 0.378 bits per heavy atom. The van der Waals surface area contributed by atoms with Crippen LogP contribution >= 0.6 is 11.3 Å². The molecule has 3 heterocycles. The van der Waals surface area contributed by atoms with Crippen molar-refractivity contribution in [3.8, 4) is 66.5 Å². The maximum Gasteiger partial charge on any atom is 0.124 e. The van der Waals surface area contributed by atoms with Crippen molar-refractivity contribution in [1.29, 1.82) is 0 Å². The van der Waals surface area contributed by atoms with E-state index in [1.54, 1.807) is 11.3 Å². The van der Waals surface area contributed by atoms with Crippen LogP contribution in [0.1, 0.15) is 0 Å². The van der Waals surface area contributed by atoms with E-state index in [-0.39, 0.29) is 0 Å². The van der Waals surface area contributed by atoms with Gasteiger partial charge in [-0.1, -0.05) is 109 Å². The van der Waals surface area contributed by atoms with E-state index in [1.807, 2.05) is 54.9 Å². The number of fused-ring (bicyclic) bond motifs is 1. The molecule has 8 aromatic rings. The summed E-state index contributed by atoms with van der Waals surface area (Å²) in [4.78, 5) is 13.9. The largest absolute Gasteiger partial charge is 0.256 e. The number of benzene rings is 5. The topological polar surface area (TPSA) is 38.7 Å². The minimum atomic E-state index is 0.971. The molecule has 5 aromatic carbocycles. The molecule has 0 aliphatic rings. The second-order valence-corrected chi connectivity index (χ2v) is 11.9. The van der Waals surface area contributed by atoms with E-state index in [0.717, 1.165) is 49.7 Å². The van der Waals surface area contributed by atoms with Crippen molar-refractivity contribution < 1.29 is 0 Å². The van der Waals surface area contributed by atoms with Crippen LogP contribution in [0, 0.1) is 0 Å². The zero-order valence-corrected chi connectivity index (χ0v) is 25.2. The van der Waals surface area contributed by atoms with E-state index < -0.39 is 0 Å². The Labute approximate surface area is 266 Å². The van der Waals surface area contributed by atoms with Gasteiger partial charge in [0.1, 0.15) is 5.01 Å². The van der Waals surface area contributed by atoms with Gasteiger partial charge in [-0.2, -0.15) is 0 Å². The Kier molecular flexibility index (Phi) is 7.02. The third kappa shape index (κ3) is 5.44. The highest BCUT2D eigenvalue weighted by molar-refractivity contribution is 7.21. The van der Waals surface area contributed by atoms with E-state index in [1.165, 1.54) is 27.0 Å². The van der Waals surface area contributed by atoms with Crippen LogP contribution in [0.15, 0.2) is 164 Å². The van der Waals surface area contributed by atoms with Crippen molar-refractivity contribution in [2.75, 3.05) is 0 Å². The number of aromatic nitrogens is 3. The maximum atomic E-state index is 4.88. The van der Waals surface area contributed by atoms with Gasteiger partial charge in [0, 0.05) is 29.1 Å². The molecular formula is C41H27N3S. The van der Waals surface area contributed by atoms with Crippen LogP contribution in [-0.4, -0.2) is 15.0 Å². The van der Waals surface area contributed by atoms with Crippen molar-refractivity contribution in [3.05, 3.63) is 164 Å². The highest BCUT2D eigenvalue weighted by atomic mass is 32.1. The van der Waals surface area contributed by atoms with Crippen molar-refractivity contribution in [2.45, 2.75) is 0 Å². The number of pyridine rings is 2. The average Bonchev–Trinajstić information content (AvgIpc) is 3.57. The summed E-state index contributed by atoms with van der Waals surface area (Å²) in [7, 11) is 0. The fourth-order valence-electron chi connectivity index (χ4n) is 5.72. The van der Waals surface area contributed by atoms with Crippen molar-refractivity contribution in [1.82, 2.24) is 15.0 Å². The molecule has 0 N–H and O–H groups in total. The van der Waals surface area contributed by atoms with Gasteiger partial charge in [0.15, 0.2) is 0 Å². The first-order valence-electron chi connectivity index (χ1n) is 14.9. The predicted molar refractivity (Wildman–Crippen MR) is 188 cm³/mol. The van der Waals surface area contributed by atoms with Crippen LogP contribution in [0.4, 0.5) is 0 Å². The fraction of sp³-hybridized carbons (Fsp3) is 0. The first-order chi connectivity index (χ1) is 22.3. The first kappa shape index (κ1) is 26.9. The fourth-order valence-corrected chi connectivity index (χ4v) is 6.69. The minimum Gasteiger partial charge on any atom is -0.256 e. The molecule has 0 atom stereocenters. The summed E-state index contributed by atoms with van der Waals surface area (Å²) < 4.78 is 1.20. The summed E-state index contributed by atoms with van der Waals surface area (Å²) in [6, 6.07) is 53.3. The second-order valence-electron chi connectivity index (χ2n) is 10.9. The predicted octanol–water partition coefficient (Wildman–Crippen LogP) is 11.1. The highest BCUT2D eigenvalue weighted by Crippen LogP contribution is 2.38. The summed E-state index contributed by atoms with van der Waals surface area (Å²) >= 11 is 1.73. The van der Waals surface area contributed by atoms with Crippen molar-refractivity contribution in [3.63, 3.8) is 0 Å². The summed E-state index contributed by atoms with van der Waals surface area (Å²) in [6.07, 6.45) is 3.67. The first-order valence-corrected chi connectivity index (χ1v) is 15.7. The van der Waals surface area contributed by atoms with Gasteiger partial charge in [-0.25, -0.2) is 4.98 Å². The van der Waals surface area contributed by atoms with E-state index >= 15 is 0 Å². The summed E-state index contributed by atoms with van der Waals surface area (Å²) in [6.45, 7) is 0. The minimum absolute atomic E-state index is 0.971. The molecule has 3 aromatic heterocycles. The lowest BCUT2D eigenvalue weighted by atomic mass is 9.90. The van der Waals surface area contributed by atoms with E-state index in [4.69, 9.17) is 4.98 Å². The monoisotopic (exact) mass is 593 g/mol. The molecule has 0 aliphatic carbocycles. The maximum absolute atomic E-state index is 4.88. The normalized spacial score (nSPS) is 11.1. The van der Waals surface area contributed by atoms with Gasteiger partial charge in [0.2, 0.25) is 0 Å². The summed E-state index contributed by atoms with van der Waals surface area (Å²) in [5, 5.41) is 1.04. The van der Waals surface area contributed by atoms with Crippen LogP contribution in [0.5, 0.6) is 0 Å². The standard InChI is InChI=1S/C41H27N3S/c1-2-10-40-39(9-1)44-41(45-40)33-21-15-30(16-22-33)36-27-34(28-11-17-31(18-12-28)37-7-3-5-25-42-37)23-24-35(36)29-13-19-32(20-14-29)38-8-4-6-26-43-38/h1-27H. The SMILES string of the molecule is c1ccc(-c2ccc(-c3ccc(-c4ccc(-c5ccccn5)cc4)c(-c4ccc(-c5nc6ccccc6s5)cc4)c3)cc2)nc1. The smallest absolute Gasteiger partial charge is 0.124 e. The van der Waals surface area contributed by atoms with E-state index in [0.29, 0.717) is 0 Å². The lowest BCUT2D eigenvalue weighted by Gasteiger charge is -2.14. The lowest BCUT2D eigenvalue weighted by molar-refractivity contribution is 1.33. The van der Waals surface area contributed by atoms with E-state index in [2.05, 4.69) is 119 Å². The second kappa shape index (κ2) is 11.8. The Bertz CT molecular complexity index is 2190. The average molecular weight is 594 g/mol. The molecule has 0 aliphatic heterocycles. The zero-order chi connectivity index (χ0) is 30.0. The number of hydrogen-bond donors (Lipinski definition) is 0. The Balaban J connectivity index is 1.19. The molecule has 4 heteroatoms. The number of hydrogen-bond acceptors (Lipinski definition) is 4. The van der Waals surface area contributed by atoms with Crippen LogP contribution < -0.4 is 0 Å². The van der Waals surface area contributed by atoms with Crippen molar-refractivity contribution in [2.24, 2.45) is 0 Å². The Morgan fingerprint density at radius 2 is 0.889 bits per heavy atom. The van der Waals surface area contributed by atoms with Crippen LogP contribution in [0.25, 0.3) is 76.7 Å². The molecule has 0 bridgehead atoms. The van der Waals surface area contributed by atoms with Gasteiger partial charge in [0.05, 0.1) is 21.6 Å². The molecule has 0 saturated heterocycles. The van der Waals surface area contributed by atoms with Gasteiger partial charge < -0.3 is 0 Å². The molecule has 0 unspecified atom stereocenters. The number of nitrogens with zero attached hydrogens (tertiary/aromatic N) is 3. The van der Waals surface area contributed by atoms with Gasteiger partial charge in [-0.05, 0) is 75.8 Å². The highest BCUT2D eigenvalue weighted by Gasteiger charge is 2.13.